The van der Waals surface area contributed by atoms with Crippen LogP contribution in [-0.4, -0.2) is 33.0 Å². The summed E-state index contributed by atoms with van der Waals surface area (Å²) in [6, 6.07) is 13.9. The number of carbonyl (C=O) groups excluding carboxylic acids is 1. The van der Waals surface area contributed by atoms with Crippen molar-refractivity contribution in [1.29, 1.82) is 21.0 Å². The maximum absolute atomic E-state index is 12.7. The Kier molecular flexibility index (Phi) is 7.89. The summed E-state index contributed by atoms with van der Waals surface area (Å²) in [5, 5.41) is 39.1. The summed E-state index contributed by atoms with van der Waals surface area (Å²) in [5.41, 5.74) is 13.6. The fourth-order valence-corrected chi connectivity index (χ4v) is 6.79. The minimum Gasteiger partial charge on any atom is -0.469 e. The van der Waals surface area contributed by atoms with E-state index in [0.717, 1.165) is 61.9 Å². The zero-order valence-electron chi connectivity index (χ0n) is 27.4. The SMILES string of the molecule is CCc1c(C)c2cc3[nH]c(cc4nc(c5c6nc(cc1[nH]2)C(C)=C6C(=C(C#N)C#N)C5)C(CC(=O)OC)=C4C)c(C)c3C=C(C#N)C#N. The molecule has 2 N–H and O–H groups in total. The fraction of sp³-hybridized carbons (Fsp3) is 0.237. The number of aromatic amines is 2. The number of ether oxygens (including phenoxy) is 1. The van der Waals surface area contributed by atoms with Crippen LogP contribution in [0.1, 0.15) is 77.8 Å². The van der Waals surface area contributed by atoms with Gasteiger partial charge >= 0.3 is 5.97 Å². The number of hydrogen-bond donors (Lipinski definition) is 2. The van der Waals surface area contributed by atoms with Gasteiger partial charge < -0.3 is 14.7 Å². The first kappa shape index (κ1) is 31.5. The Hall–Kier alpha value is -6.49. The summed E-state index contributed by atoms with van der Waals surface area (Å²) >= 11 is 0. The maximum Gasteiger partial charge on any atom is 0.310 e. The van der Waals surface area contributed by atoms with Crippen LogP contribution in [0.2, 0.25) is 0 Å². The largest absolute Gasteiger partial charge is 0.469 e. The van der Waals surface area contributed by atoms with Crippen molar-refractivity contribution in [3.8, 4) is 24.3 Å². The van der Waals surface area contributed by atoms with Crippen molar-refractivity contribution in [1.82, 2.24) is 19.9 Å². The van der Waals surface area contributed by atoms with E-state index < -0.39 is 5.97 Å². The van der Waals surface area contributed by atoms with E-state index in [0.29, 0.717) is 45.0 Å². The van der Waals surface area contributed by atoms with E-state index >= 15 is 0 Å². The number of H-pyrrole nitrogens is 2. The highest BCUT2D eigenvalue weighted by molar-refractivity contribution is 6.06. The number of rotatable bonds is 4. The van der Waals surface area contributed by atoms with E-state index in [1.807, 2.05) is 58.0 Å². The van der Waals surface area contributed by atoms with Crippen molar-refractivity contribution in [2.45, 2.75) is 53.9 Å². The standard InChI is InChI=1S/C38H30N8O2/c1-7-24-18(2)30-12-34-25(8-22(14-39)15-40)19(3)29(44-34)11-31-20(4)26(10-35(47)48-6)37(45-31)28-9-27(23(16-41)17-42)36-21(5)32(46-38(28)36)13-33(24)43-30/h8,11-13,43-44H,7,9-10H2,1-6H3. The molecule has 3 aromatic rings. The number of nitrogens with one attached hydrogen (secondary N) is 2. The number of allylic oxidation sites excluding steroid dienone is 6. The van der Waals surface area contributed by atoms with Crippen LogP contribution in [0.5, 0.6) is 0 Å². The Bertz CT molecular complexity index is 2440. The molecule has 3 aliphatic rings. The summed E-state index contributed by atoms with van der Waals surface area (Å²) in [6.45, 7) is 9.88. The number of nitrogens with zero attached hydrogens (tertiary/aromatic N) is 6. The van der Waals surface area contributed by atoms with Crippen molar-refractivity contribution in [3.63, 3.8) is 0 Å². The molecule has 0 fully saturated rings. The number of esters is 1. The number of fused-ring (bicyclic) bond motifs is 8. The Morgan fingerprint density at radius 3 is 2.12 bits per heavy atom. The molecule has 10 nitrogen and oxygen atoms in total. The summed E-state index contributed by atoms with van der Waals surface area (Å²) in [6.07, 6.45) is 2.55. The van der Waals surface area contributed by atoms with E-state index in [1.165, 1.54) is 7.11 Å². The van der Waals surface area contributed by atoms with Gasteiger partial charge in [-0.1, -0.05) is 6.92 Å². The van der Waals surface area contributed by atoms with Gasteiger partial charge in [-0.3, -0.25) is 4.79 Å². The van der Waals surface area contributed by atoms with E-state index in [2.05, 4.69) is 29.0 Å². The van der Waals surface area contributed by atoms with Crippen LogP contribution in [-0.2, 0) is 22.4 Å². The lowest BCUT2D eigenvalue weighted by Gasteiger charge is -2.06. The molecule has 0 unspecified atom stereocenters. The highest BCUT2D eigenvalue weighted by Crippen LogP contribution is 2.48. The number of hydrogen-bond acceptors (Lipinski definition) is 8. The first-order valence-electron chi connectivity index (χ1n) is 15.4. The van der Waals surface area contributed by atoms with E-state index in [1.54, 1.807) is 6.08 Å². The van der Waals surface area contributed by atoms with Crippen molar-refractivity contribution >= 4 is 56.4 Å². The van der Waals surface area contributed by atoms with Crippen LogP contribution in [0.15, 0.2) is 34.9 Å². The summed E-state index contributed by atoms with van der Waals surface area (Å²) in [7, 11) is 1.34. The van der Waals surface area contributed by atoms with Gasteiger partial charge in [0.15, 0.2) is 0 Å². The third kappa shape index (κ3) is 4.89. The first-order chi connectivity index (χ1) is 23.1. The van der Waals surface area contributed by atoms with E-state index in [9.17, 15) is 25.8 Å². The lowest BCUT2D eigenvalue weighted by atomic mass is 9.98. The Morgan fingerprint density at radius 1 is 0.854 bits per heavy atom. The summed E-state index contributed by atoms with van der Waals surface area (Å²) < 4.78 is 5.06. The highest BCUT2D eigenvalue weighted by Gasteiger charge is 2.35. The van der Waals surface area contributed by atoms with Crippen LogP contribution < -0.4 is 0 Å². The molecule has 0 radical (unpaired) electrons. The predicted octanol–water partition coefficient (Wildman–Crippen LogP) is 7.25. The van der Waals surface area contributed by atoms with Crippen LogP contribution in [0.25, 0.3) is 50.4 Å². The van der Waals surface area contributed by atoms with Gasteiger partial charge in [0.25, 0.3) is 0 Å². The quantitative estimate of drug-likeness (QED) is 0.223. The van der Waals surface area contributed by atoms with Gasteiger partial charge in [-0.15, -0.1) is 0 Å². The second-order valence-electron chi connectivity index (χ2n) is 11.9. The van der Waals surface area contributed by atoms with Crippen LogP contribution >= 0.6 is 0 Å². The Morgan fingerprint density at radius 2 is 1.48 bits per heavy atom. The zero-order chi connectivity index (χ0) is 34.4. The first-order valence-corrected chi connectivity index (χ1v) is 15.4. The average Bonchev–Trinajstić information content (AvgIpc) is 3.84. The molecule has 0 saturated heterocycles. The third-order valence-electron chi connectivity index (χ3n) is 9.44. The Labute approximate surface area is 277 Å². The fourth-order valence-electron chi connectivity index (χ4n) is 6.79. The molecule has 2 aliphatic heterocycles. The molecule has 10 heteroatoms. The number of aryl methyl sites for hydroxylation is 3. The number of nitriles is 4. The van der Waals surface area contributed by atoms with Crippen molar-refractivity contribution < 1.29 is 9.53 Å². The minimum absolute atomic E-state index is 0.0124. The second kappa shape index (κ2) is 12.0. The Balaban J connectivity index is 1.86. The average molecular weight is 631 g/mol. The molecule has 3 aromatic heterocycles. The molecule has 6 rings (SSSR count). The highest BCUT2D eigenvalue weighted by atomic mass is 16.5. The van der Waals surface area contributed by atoms with Crippen molar-refractivity contribution in [2.24, 2.45) is 0 Å². The van der Waals surface area contributed by atoms with Crippen LogP contribution in [0, 0.1) is 59.2 Å². The molecule has 0 saturated carbocycles. The molecule has 5 heterocycles. The second-order valence-corrected chi connectivity index (χ2v) is 11.9. The number of methoxy groups -OCH3 is 1. The maximum atomic E-state index is 12.7. The van der Waals surface area contributed by atoms with Crippen molar-refractivity contribution in [3.05, 3.63) is 85.5 Å². The number of aromatic nitrogens is 4. The number of carbonyl (C=O) groups is 1. The van der Waals surface area contributed by atoms with Gasteiger partial charge in [0.1, 0.15) is 35.4 Å². The molecular weight excluding hydrogens is 600 g/mol. The van der Waals surface area contributed by atoms with Gasteiger partial charge in [-0.2, -0.15) is 21.0 Å². The molecule has 234 valence electrons. The van der Waals surface area contributed by atoms with E-state index in [-0.39, 0.29) is 24.0 Å². The lowest BCUT2D eigenvalue weighted by Crippen LogP contribution is -2.03. The van der Waals surface area contributed by atoms with Gasteiger partial charge in [0.05, 0.1) is 36.3 Å². The molecule has 48 heavy (non-hydrogen) atoms. The zero-order valence-corrected chi connectivity index (χ0v) is 27.4. The molecule has 0 atom stereocenters. The smallest absolute Gasteiger partial charge is 0.310 e. The van der Waals surface area contributed by atoms with E-state index in [4.69, 9.17) is 14.7 Å². The normalized spacial score (nSPS) is 13.1. The molecule has 0 aromatic carbocycles. The molecule has 0 amide bonds. The molecule has 1 aliphatic carbocycles. The third-order valence-corrected chi connectivity index (χ3v) is 9.44. The predicted molar refractivity (Wildman–Crippen MR) is 183 cm³/mol. The summed E-state index contributed by atoms with van der Waals surface area (Å²) in [5.74, 6) is -0.431. The monoisotopic (exact) mass is 630 g/mol. The van der Waals surface area contributed by atoms with Gasteiger partial charge in [0, 0.05) is 45.2 Å². The summed E-state index contributed by atoms with van der Waals surface area (Å²) in [4.78, 5) is 30.0. The molecule has 0 spiro atoms. The lowest BCUT2D eigenvalue weighted by molar-refractivity contribution is -0.139. The molecule has 8 bridgehead atoms. The van der Waals surface area contributed by atoms with Crippen molar-refractivity contribution in [2.75, 3.05) is 7.11 Å². The van der Waals surface area contributed by atoms with Gasteiger partial charge in [0.2, 0.25) is 0 Å². The van der Waals surface area contributed by atoms with Gasteiger partial charge in [-0.25, -0.2) is 9.97 Å². The topological polar surface area (TPSA) is 179 Å². The van der Waals surface area contributed by atoms with Crippen LogP contribution in [0.4, 0.5) is 0 Å². The van der Waals surface area contributed by atoms with Crippen LogP contribution in [0.3, 0.4) is 0 Å². The minimum atomic E-state index is -0.431. The molecular formula is C38H30N8O2. The van der Waals surface area contributed by atoms with Gasteiger partial charge in [-0.05, 0) is 97.4 Å².